The Kier molecular flexibility index (Phi) is 5.55. The van der Waals surface area contributed by atoms with Crippen LogP contribution in [-0.2, 0) is 4.79 Å². The molecule has 0 spiro atoms. The van der Waals surface area contributed by atoms with Gasteiger partial charge in [-0.05, 0) is 36.4 Å². The van der Waals surface area contributed by atoms with Gasteiger partial charge < -0.3 is 15.0 Å². The molecule has 0 aliphatic rings. The lowest BCUT2D eigenvalue weighted by atomic mass is 10.2. The van der Waals surface area contributed by atoms with Gasteiger partial charge in [0.2, 0.25) is 5.91 Å². The number of nitrogens with one attached hydrogen (secondary N) is 1. The van der Waals surface area contributed by atoms with Crippen LogP contribution >= 0.6 is 0 Å². The predicted molar refractivity (Wildman–Crippen MR) is 118 cm³/mol. The molecule has 1 aromatic carbocycles. The van der Waals surface area contributed by atoms with E-state index in [1.807, 2.05) is 6.07 Å². The monoisotopic (exact) mass is 433 g/mol. The summed E-state index contributed by atoms with van der Waals surface area (Å²) in [5, 5.41) is 2.62. The number of aromatic nitrogens is 3. The first-order valence-electron chi connectivity index (χ1n) is 9.70. The first-order valence-corrected chi connectivity index (χ1v) is 9.70. The molecule has 162 valence electrons. The Labute approximate surface area is 183 Å². The highest BCUT2D eigenvalue weighted by atomic mass is 19.1. The van der Waals surface area contributed by atoms with E-state index in [0.717, 1.165) is 11.3 Å². The van der Waals surface area contributed by atoms with Gasteiger partial charge in [-0.15, -0.1) is 0 Å². The highest BCUT2D eigenvalue weighted by Crippen LogP contribution is 2.26. The Hall–Kier alpha value is -4.27. The van der Waals surface area contributed by atoms with E-state index < -0.39 is 5.82 Å². The lowest BCUT2D eigenvalue weighted by Gasteiger charge is -2.18. The minimum atomic E-state index is -0.500. The molecule has 0 radical (unpaired) electrons. The molecule has 2 amide bonds. The van der Waals surface area contributed by atoms with Gasteiger partial charge in [-0.3, -0.25) is 14.0 Å². The third-order valence-electron chi connectivity index (χ3n) is 4.94. The summed E-state index contributed by atoms with van der Waals surface area (Å²) >= 11 is 0. The van der Waals surface area contributed by atoms with Crippen molar-refractivity contribution in [3.05, 3.63) is 72.4 Å². The largest absolute Gasteiger partial charge is 0.494 e. The van der Waals surface area contributed by atoms with E-state index in [4.69, 9.17) is 4.74 Å². The standard InChI is InChI=1S/C23H20FN5O3/c1-14(30)27-21-8-4-15(11-25-21)19-12-26-22-9-5-16(13-29(19)22)23(31)28(2)17-6-7-18(24)20(10-17)32-3/h4-13H,1-3H3,(H,25,27,30). The molecular formula is C23H20FN5O3. The van der Waals surface area contributed by atoms with Gasteiger partial charge in [0, 0.05) is 43.7 Å². The number of pyridine rings is 2. The number of hydrogen-bond acceptors (Lipinski definition) is 5. The molecule has 3 aromatic heterocycles. The van der Waals surface area contributed by atoms with Crippen LogP contribution in [0.5, 0.6) is 5.75 Å². The molecule has 0 aliphatic carbocycles. The van der Waals surface area contributed by atoms with Crippen molar-refractivity contribution in [3.63, 3.8) is 0 Å². The molecule has 4 rings (SSSR count). The normalized spacial score (nSPS) is 10.8. The van der Waals surface area contributed by atoms with Crippen molar-refractivity contribution >= 4 is 29.0 Å². The van der Waals surface area contributed by atoms with E-state index in [2.05, 4.69) is 15.3 Å². The zero-order chi connectivity index (χ0) is 22.8. The van der Waals surface area contributed by atoms with Gasteiger partial charge in [-0.2, -0.15) is 0 Å². The molecule has 0 fully saturated rings. The highest BCUT2D eigenvalue weighted by Gasteiger charge is 2.17. The van der Waals surface area contributed by atoms with Gasteiger partial charge in [-0.25, -0.2) is 14.4 Å². The van der Waals surface area contributed by atoms with Crippen LogP contribution in [0.3, 0.4) is 0 Å². The second-order valence-corrected chi connectivity index (χ2v) is 7.09. The van der Waals surface area contributed by atoms with Crippen LogP contribution in [-0.4, -0.2) is 40.3 Å². The number of halogens is 1. The minimum absolute atomic E-state index is 0.0599. The van der Waals surface area contributed by atoms with Crippen LogP contribution in [0.1, 0.15) is 17.3 Å². The zero-order valence-electron chi connectivity index (χ0n) is 17.7. The zero-order valence-corrected chi connectivity index (χ0v) is 17.7. The molecule has 3 heterocycles. The van der Waals surface area contributed by atoms with Crippen LogP contribution in [0, 0.1) is 5.82 Å². The van der Waals surface area contributed by atoms with Gasteiger partial charge in [0.15, 0.2) is 11.6 Å². The number of fused-ring (bicyclic) bond motifs is 1. The topological polar surface area (TPSA) is 88.8 Å². The number of hydrogen-bond donors (Lipinski definition) is 1. The number of amides is 2. The molecule has 1 N–H and O–H groups in total. The number of imidazole rings is 1. The number of anilines is 2. The van der Waals surface area contributed by atoms with Crippen molar-refractivity contribution < 1.29 is 18.7 Å². The fourth-order valence-electron chi connectivity index (χ4n) is 3.29. The van der Waals surface area contributed by atoms with E-state index in [9.17, 15) is 14.0 Å². The summed E-state index contributed by atoms with van der Waals surface area (Å²) in [5.41, 5.74) is 3.09. The van der Waals surface area contributed by atoms with E-state index in [0.29, 0.717) is 22.7 Å². The molecule has 8 nitrogen and oxygen atoms in total. The average molecular weight is 433 g/mol. The molecule has 9 heteroatoms. The van der Waals surface area contributed by atoms with Crippen molar-refractivity contribution in [3.8, 4) is 17.0 Å². The summed E-state index contributed by atoms with van der Waals surface area (Å²) in [6, 6.07) is 11.2. The molecular weight excluding hydrogens is 413 g/mol. The third kappa shape index (κ3) is 4.00. The summed E-state index contributed by atoms with van der Waals surface area (Å²) in [4.78, 5) is 34.3. The van der Waals surface area contributed by atoms with E-state index in [-0.39, 0.29) is 17.6 Å². The second-order valence-electron chi connectivity index (χ2n) is 7.09. The summed E-state index contributed by atoms with van der Waals surface area (Å²) in [7, 11) is 2.98. The first kappa shape index (κ1) is 21.0. The molecule has 0 bridgehead atoms. The number of rotatable bonds is 5. The van der Waals surface area contributed by atoms with Crippen molar-refractivity contribution in [1.29, 1.82) is 0 Å². The molecule has 0 saturated carbocycles. The van der Waals surface area contributed by atoms with Crippen LogP contribution in [0.15, 0.2) is 61.1 Å². The summed E-state index contributed by atoms with van der Waals surface area (Å²) < 4.78 is 20.5. The maximum Gasteiger partial charge on any atom is 0.259 e. The second kappa shape index (κ2) is 8.46. The van der Waals surface area contributed by atoms with Crippen LogP contribution in [0.25, 0.3) is 16.9 Å². The van der Waals surface area contributed by atoms with Gasteiger partial charge in [0.25, 0.3) is 5.91 Å². The number of carbonyl (C=O) groups excluding carboxylic acids is 2. The molecule has 32 heavy (non-hydrogen) atoms. The molecule has 0 unspecified atom stereocenters. The fraction of sp³-hybridized carbons (Fsp3) is 0.130. The maximum absolute atomic E-state index is 13.7. The highest BCUT2D eigenvalue weighted by molar-refractivity contribution is 6.05. The van der Waals surface area contributed by atoms with Crippen LogP contribution in [0.2, 0.25) is 0 Å². The summed E-state index contributed by atoms with van der Waals surface area (Å²) in [6.45, 7) is 1.41. The SMILES string of the molecule is COc1cc(N(C)C(=O)c2ccc3ncc(-c4ccc(NC(C)=O)nc4)n3c2)ccc1F. The van der Waals surface area contributed by atoms with Crippen LogP contribution in [0.4, 0.5) is 15.9 Å². The number of ether oxygens (including phenoxy) is 1. The Morgan fingerprint density at radius 3 is 2.59 bits per heavy atom. The molecule has 0 saturated heterocycles. The first-order chi connectivity index (χ1) is 15.4. The molecule has 4 aromatic rings. The average Bonchev–Trinajstić information content (AvgIpc) is 3.22. The van der Waals surface area contributed by atoms with Crippen molar-refractivity contribution in [2.75, 3.05) is 24.4 Å². The Morgan fingerprint density at radius 1 is 1.09 bits per heavy atom. The fourth-order valence-corrected chi connectivity index (χ4v) is 3.29. The summed E-state index contributed by atoms with van der Waals surface area (Å²) in [6.07, 6.45) is 5.01. The Morgan fingerprint density at radius 2 is 1.91 bits per heavy atom. The number of benzene rings is 1. The van der Waals surface area contributed by atoms with E-state index in [1.54, 1.807) is 48.2 Å². The lowest BCUT2D eigenvalue weighted by Crippen LogP contribution is -2.26. The van der Waals surface area contributed by atoms with Gasteiger partial charge in [0.1, 0.15) is 11.5 Å². The van der Waals surface area contributed by atoms with Gasteiger partial charge >= 0.3 is 0 Å². The smallest absolute Gasteiger partial charge is 0.259 e. The number of methoxy groups -OCH3 is 1. The minimum Gasteiger partial charge on any atom is -0.494 e. The van der Waals surface area contributed by atoms with Crippen LogP contribution < -0.4 is 15.0 Å². The van der Waals surface area contributed by atoms with E-state index >= 15 is 0 Å². The Balaban J connectivity index is 1.66. The summed E-state index contributed by atoms with van der Waals surface area (Å²) in [5.74, 6) is -0.475. The quantitative estimate of drug-likeness (QED) is 0.518. The predicted octanol–water partition coefficient (Wildman–Crippen LogP) is 3.78. The molecule has 0 atom stereocenters. The number of carbonyl (C=O) groups is 2. The Bertz CT molecular complexity index is 1320. The third-order valence-corrected chi connectivity index (χ3v) is 4.94. The number of nitrogens with zero attached hydrogens (tertiary/aromatic N) is 4. The van der Waals surface area contributed by atoms with Crippen molar-refractivity contribution in [2.45, 2.75) is 6.92 Å². The van der Waals surface area contributed by atoms with Crippen molar-refractivity contribution in [2.24, 2.45) is 0 Å². The van der Waals surface area contributed by atoms with Gasteiger partial charge in [0.05, 0.1) is 24.6 Å². The maximum atomic E-state index is 13.7. The lowest BCUT2D eigenvalue weighted by molar-refractivity contribution is -0.114. The van der Waals surface area contributed by atoms with E-state index in [1.165, 1.54) is 37.1 Å². The molecule has 0 aliphatic heterocycles. The van der Waals surface area contributed by atoms with Crippen molar-refractivity contribution in [1.82, 2.24) is 14.4 Å². The van der Waals surface area contributed by atoms with Gasteiger partial charge in [-0.1, -0.05) is 0 Å².